The van der Waals surface area contributed by atoms with Gasteiger partial charge < -0.3 is 10.4 Å². The maximum Gasteiger partial charge on any atom is 0.306 e. The van der Waals surface area contributed by atoms with Crippen molar-refractivity contribution < 1.29 is 19.1 Å². The maximum absolute atomic E-state index is 13.4. The van der Waals surface area contributed by atoms with Crippen LogP contribution in [0.1, 0.15) is 35.2 Å². The van der Waals surface area contributed by atoms with E-state index in [1.165, 1.54) is 6.07 Å². The van der Waals surface area contributed by atoms with E-state index in [9.17, 15) is 14.0 Å². The van der Waals surface area contributed by atoms with Crippen LogP contribution in [0.25, 0.3) is 0 Å². The average Bonchev–Trinajstić information content (AvgIpc) is 2.81. The van der Waals surface area contributed by atoms with Crippen LogP contribution in [0.15, 0.2) is 18.2 Å². The largest absolute Gasteiger partial charge is 0.481 e. The summed E-state index contributed by atoms with van der Waals surface area (Å²) in [6.45, 7) is 1.63. The number of hydrogen-bond donors (Lipinski definition) is 2. The molecule has 0 heterocycles. The lowest BCUT2D eigenvalue weighted by molar-refractivity contribution is -0.141. The highest BCUT2D eigenvalue weighted by Gasteiger charge is 2.30. The van der Waals surface area contributed by atoms with Crippen molar-refractivity contribution in [3.05, 3.63) is 35.1 Å². The molecule has 1 aromatic rings. The summed E-state index contributed by atoms with van der Waals surface area (Å²) >= 11 is 0. The van der Waals surface area contributed by atoms with E-state index in [1.54, 1.807) is 19.1 Å². The third kappa shape index (κ3) is 3.10. The number of carboxylic acid groups (broad SMARTS) is 1. The van der Waals surface area contributed by atoms with Gasteiger partial charge in [0.1, 0.15) is 5.82 Å². The Labute approximate surface area is 110 Å². The van der Waals surface area contributed by atoms with Crippen molar-refractivity contribution in [3.63, 3.8) is 0 Å². The molecular formula is C14H16FNO3. The lowest BCUT2D eigenvalue weighted by atomic mass is 10.1. The van der Waals surface area contributed by atoms with Crippen LogP contribution in [0.4, 0.5) is 4.39 Å². The summed E-state index contributed by atoms with van der Waals surface area (Å²) in [6, 6.07) is 4.18. The highest BCUT2D eigenvalue weighted by atomic mass is 19.1. The van der Waals surface area contributed by atoms with Gasteiger partial charge in [-0.15, -0.1) is 0 Å². The van der Waals surface area contributed by atoms with Gasteiger partial charge in [-0.1, -0.05) is 6.07 Å². The first kappa shape index (κ1) is 13.5. The molecule has 0 aliphatic heterocycles. The van der Waals surface area contributed by atoms with E-state index in [-0.39, 0.29) is 23.4 Å². The predicted octanol–water partition coefficient (Wildman–Crippen LogP) is 2.12. The molecule has 2 rings (SSSR count). The zero-order valence-electron chi connectivity index (χ0n) is 10.6. The second-order valence-corrected chi connectivity index (χ2v) is 4.98. The third-order valence-electron chi connectivity index (χ3n) is 3.55. The van der Waals surface area contributed by atoms with E-state index in [4.69, 9.17) is 5.11 Å². The molecule has 0 bridgehead atoms. The fourth-order valence-corrected chi connectivity index (χ4v) is 2.34. The molecule has 4 nitrogen and oxygen atoms in total. The number of nitrogens with one attached hydrogen (secondary N) is 1. The van der Waals surface area contributed by atoms with Crippen LogP contribution in [0, 0.1) is 18.7 Å². The number of aliphatic carboxylic acids is 1. The number of carbonyl (C=O) groups excluding carboxylic acids is 1. The molecule has 0 saturated heterocycles. The van der Waals surface area contributed by atoms with Crippen molar-refractivity contribution in [2.24, 2.45) is 5.92 Å². The Kier molecular flexibility index (Phi) is 3.83. The average molecular weight is 265 g/mol. The van der Waals surface area contributed by atoms with E-state index < -0.39 is 11.8 Å². The lowest BCUT2D eigenvalue weighted by Gasteiger charge is -2.12. The Morgan fingerprint density at radius 2 is 2.11 bits per heavy atom. The van der Waals surface area contributed by atoms with Crippen molar-refractivity contribution in [3.8, 4) is 0 Å². The summed E-state index contributed by atoms with van der Waals surface area (Å²) in [7, 11) is 0. The van der Waals surface area contributed by atoms with Crippen LogP contribution in [0.3, 0.4) is 0 Å². The van der Waals surface area contributed by atoms with Crippen LogP contribution in [-0.4, -0.2) is 23.0 Å². The number of carbonyl (C=O) groups is 2. The minimum atomic E-state index is -0.821. The molecule has 0 spiro atoms. The molecule has 0 aromatic heterocycles. The minimum Gasteiger partial charge on any atom is -0.481 e. The van der Waals surface area contributed by atoms with E-state index in [2.05, 4.69) is 5.32 Å². The minimum absolute atomic E-state index is 0.141. The topological polar surface area (TPSA) is 66.4 Å². The third-order valence-corrected chi connectivity index (χ3v) is 3.55. The molecule has 19 heavy (non-hydrogen) atoms. The number of hydrogen-bond acceptors (Lipinski definition) is 2. The molecule has 1 aliphatic carbocycles. The number of amides is 1. The van der Waals surface area contributed by atoms with Gasteiger partial charge in [-0.25, -0.2) is 4.39 Å². The van der Waals surface area contributed by atoms with Crippen molar-refractivity contribution in [1.29, 1.82) is 0 Å². The number of carboxylic acids is 1. The van der Waals surface area contributed by atoms with E-state index in [0.29, 0.717) is 24.8 Å². The van der Waals surface area contributed by atoms with Crippen molar-refractivity contribution >= 4 is 11.9 Å². The molecule has 102 valence electrons. The van der Waals surface area contributed by atoms with Gasteiger partial charge in [0, 0.05) is 11.6 Å². The number of aryl methyl sites for hydroxylation is 1. The summed E-state index contributed by atoms with van der Waals surface area (Å²) in [5.74, 6) is -1.98. The smallest absolute Gasteiger partial charge is 0.306 e. The molecule has 2 atom stereocenters. The maximum atomic E-state index is 13.4. The molecule has 0 unspecified atom stereocenters. The Morgan fingerprint density at radius 3 is 2.68 bits per heavy atom. The van der Waals surface area contributed by atoms with Gasteiger partial charge in [-0.05, 0) is 43.9 Å². The van der Waals surface area contributed by atoms with Gasteiger partial charge in [0.15, 0.2) is 0 Å². The molecule has 1 amide bonds. The van der Waals surface area contributed by atoms with Crippen molar-refractivity contribution in [1.82, 2.24) is 5.32 Å². The van der Waals surface area contributed by atoms with Gasteiger partial charge in [0.05, 0.1) is 5.92 Å². The van der Waals surface area contributed by atoms with Crippen LogP contribution in [0.5, 0.6) is 0 Å². The predicted molar refractivity (Wildman–Crippen MR) is 67.4 cm³/mol. The summed E-state index contributed by atoms with van der Waals surface area (Å²) in [5, 5.41) is 11.6. The standard InChI is InChI=1S/C14H16FNO3/c1-8-2-3-9(7-12(8)15)13(17)16-11-5-4-10(6-11)14(18)19/h2-3,7,10-11H,4-6H2,1H3,(H,16,17)(H,18,19)/t10-,11+/m0/s1. The summed E-state index contributed by atoms with van der Waals surface area (Å²) in [6.07, 6.45) is 1.66. The summed E-state index contributed by atoms with van der Waals surface area (Å²) in [5.41, 5.74) is 0.755. The first-order chi connectivity index (χ1) is 8.97. The summed E-state index contributed by atoms with van der Waals surface area (Å²) in [4.78, 5) is 22.7. The number of benzene rings is 1. The van der Waals surface area contributed by atoms with Gasteiger partial charge >= 0.3 is 5.97 Å². The van der Waals surface area contributed by atoms with Crippen LogP contribution in [0.2, 0.25) is 0 Å². The molecule has 1 aromatic carbocycles. The molecule has 1 aliphatic rings. The second-order valence-electron chi connectivity index (χ2n) is 4.98. The van der Waals surface area contributed by atoms with Crippen LogP contribution in [-0.2, 0) is 4.79 Å². The van der Waals surface area contributed by atoms with Gasteiger partial charge in [0.2, 0.25) is 0 Å². The van der Waals surface area contributed by atoms with Gasteiger partial charge in [-0.3, -0.25) is 9.59 Å². The Balaban J connectivity index is 1.98. The highest BCUT2D eigenvalue weighted by molar-refractivity contribution is 5.94. The van der Waals surface area contributed by atoms with Gasteiger partial charge in [-0.2, -0.15) is 0 Å². The van der Waals surface area contributed by atoms with Gasteiger partial charge in [0.25, 0.3) is 5.91 Å². The van der Waals surface area contributed by atoms with E-state index >= 15 is 0 Å². The second kappa shape index (κ2) is 5.38. The quantitative estimate of drug-likeness (QED) is 0.879. The molecule has 0 radical (unpaired) electrons. The normalized spacial score (nSPS) is 22.2. The molecule has 1 fully saturated rings. The Bertz CT molecular complexity index is 515. The van der Waals surface area contributed by atoms with E-state index in [0.717, 1.165) is 0 Å². The first-order valence-electron chi connectivity index (χ1n) is 6.27. The van der Waals surface area contributed by atoms with Crippen LogP contribution >= 0.6 is 0 Å². The monoisotopic (exact) mass is 265 g/mol. The Hall–Kier alpha value is -1.91. The number of rotatable bonds is 3. The lowest BCUT2D eigenvalue weighted by Crippen LogP contribution is -2.33. The SMILES string of the molecule is Cc1ccc(C(=O)N[C@@H]2CC[C@H](C(=O)O)C2)cc1F. The van der Waals surface area contributed by atoms with Crippen molar-refractivity contribution in [2.45, 2.75) is 32.2 Å². The molecule has 2 N–H and O–H groups in total. The number of halogens is 1. The fraction of sp³-hybridized carbons (Fsp3) is 0.429. The Morgan fingerprint density at radius 1 is 1.37 bits per heavy atom. The molecule has 5 heteroatoms. The highest BCUT2D eigenvalue weighted by Crippen LogP contribution is 2.25. The van der Waals surface area contributed by atoms with E-state index in [1.807, 2.05) is 0 Å². The fourth-order valence-electron chi connectivity index (χ4n) is 2.34. The zero-order valence-corrected chi connectivity index (χ0v) is 10.6. The summed E-state index contributed by atoms with van der Waals surface area (Å²) < 4.78 is 13.4. The first-order valence-corrected chi connectivity index (χ1v) is 6.27. The van der Waals surface area contributed by atoms with Crippen LogP contribution < -0.4 is 5.32 Å². The molecular weight excluding hydrogens is 249 g/mol. The molecule has 1 saturated carbocycles. The zero-order chi connectivity index (χ0) is 14.0. The van der Waals surface area contributed by atoms with Crippen molar-refractivity contribution in [2.75, 3.05) is 0 Å².